The topological polar surface area (TPSA) is 50.4 Å². The van der Waals surface area contributed by atoms with Crippen molar-refractivity contribution in [2.75, 3.05) is 33.4 Å². The quantitative estimate of drug-likeness (QED) is 0.514. The fourth-order valence-corrected chi connectivity index (χ4v) is 1.56. The minimum Gasteiger partial charge on any atom is -0.385 e. The normalized spacial score (nSPS) is 10.5. The van der Waals surface area contributed by atoms with E-state index in [-0.39, 0.29) is 5.91 Å². The van der Waals surface area contributed by atoms with Crippen LogP contribution in [0.25, 0.3) is 0 Å². The highest BCUT2D eigenvalue weighted by Gasteiger charge is 1.98. The molecule has 0 aromatic rings. The summed E-state index contributed by atoms with van der Waals surface area (Å²) < 4.78 is 4.90. The zero-order valence-corrected chi connectivity index (χ0v) is 11.4. The molecule has 17 heavy (non-hydrogen) atoms. The zero-order chi connectivity index (χ0) is 12.8. The standard InChI is InChI=1S/C13H28N2O2/c1-3-4-5-6-7-9-14-12-13(16)15-10-8-11-17-2/h14H,3-12H2,1-2H3,(H,15,16). The first-order chi connectivity index (χ1) is 8.31. The van der Waals surface area contributed by atoms with Gasteiger partial charge in [0.05, 0.1) is 6.54 Å². The van der Waals surface area contributed by atoms with Crippen LogP contribution in [0.3, 0.4) is 0 Å². The number of rotatable bonds is 12. The number of nitrogens with one attached hydrogen (secondary N) is 2. The van der Waals surface area contributed by atoms with Crippen LogP contribution >= 0.6 is 0 Å². The van der Waals surface area contributed by atoms with Crippen molar-refractivity contribution >= 4 is 5.91 Å². The van der Waals surface area contributed by atoms with Gasteiger partial charge >= 0.3 is 0 Å². The van der Waals surface area contributed by atoms with Crippen molar-refractivity contribution in [1.29, 1.82) is 0 Å². The second-order valence-electron chi connectivity index (χ2n) is 4.29. The van der Waals surface area contributed by atoms with E-state index < -0.39 is 0 Å². The molecule has 0 rings (SSSR count). The molecule has 0 aliphatic carbocycles. The van der Waals surface area contributed by atoms with Gasteiger partial charge in [-0.15, -0.1) is 0 Å². The van der Waals surface area contributed by atoms with E-state index in [2.05, 4.69) is 17.6 Å². The van der Waals surface area contributed by atoms with Crippen molar-refractivity contribution in [3.63, 3.8) is 0 Å². The molecule has 0 bridgehead atoms. The molecule has 1 amide bonds. The summed E-state index contributed by atoms with van der Waals surface area (Å²) in [6.07, 6.45) is 7.20. The van der Waals surface area contributed by atoms with Crippen LogP contribution in [-0.4, -0.2) is 39.3 Å². The van der Waals surface area contributed by atoms with Crippen molar-refractivity contribution in [1.82, 2.24) is 10.6 Å². The predicted octanol–water partition coefficient (Wildman–Crippen LogP) is 1.70. The third-order valence-corrected chi connectivity index (χ3v) is 2.59. The second kappa shape index (κ2) is 13.5. The summed E-state index contributed by atoms with van der Waals surface area (Å²) in [4.78, 5) is 11.3. The molecule has 102 valence electrons. The Hall–Kier alpha value is -0.610. The van der Waals surface area contributed by atoms with Crippen LogP contribution in [0.15, 0.2) is 0 Å². The summed E-state index contributed by atoms with van der Waals surface area (Å²) >= 11 is 0. The van der Waals surface area contributed by atoms with Crippen molar-refractivity contribution in [3.8, 4) is 0 Å². The molecular weight excluding hydrogens is 216 g/mol. The fraction of sp³-hybridized carbons (Fsp3) is 0.923. The molecular formula is C13H28N2O2. The SMILES string of the molecule is CCCCCCCNCC(=O)NCCCOC. The van der Waals surface area contributed by atoms with E-state index in [4.69, 9.17) is 4.74 Å². The first-order valence-corrected chi connectivity index (χ1v) is 6.77. The third-order valence-electron chi connectivity index (χ3n) is 2.59. The number of hydrogen-bond donors (Lipinski definition) is 2. The van der Waals surface area contributed by atoms with Crippen LogP contribution in [0, 0.1) is 0 Å². The minimum atomic E-state index is 0.0784. The first kappa shape index (κ1) is 16.4. The lowest BCUT2D eigenvalue weighted by molar-refractivity contribution is -0.120. The number of carbonyl (C=O) groups excluding carboxylic acids is 1. The molecule has 0 unspecified atom stereocenters. The zero-order valence-electron chi connectivity index (χ0n) is 11.4. The Kier molecular flexibility index (Phi) is 13.0. The summed E-state index contributed by atoms with van der Waals surface area (Å²) in [5.74, 6) is 0.0784. The van der Waals surface area contributed by atoms with Crippen molar-refractivity contribution < 1.29 is 9.53 Å². The van der Waals surface area contributed by atoms with E-state index in [1.165, 1.54) is 25.7 Å². The average Bonchev–Trinajstić information content (AvgIpc) is 2.33. The number of amides is 1. The maximum Gasteiger partial charge on any atom is 0.233 e. The monoisotopic (exact) mass is 244 g/mol. The van der Waals surface area contributed by atoms with E-state index >= 15 is 0 Å². The van der Waals surface area contributed by atoms with Crippen LogP contribution in [0.2, 0.25) is 0 Å². The summed E-state index contributed by atoms with van der Waals surface area (Å²) in [6.45, 7) is 4.98. The van der Waals surface area contributed by atoms with Gasteiger partial charge in [0.1, 0.15) is 0 Å². The van der Waals surface area contributed by atoms with E-state index in [0.29, 0.717) is 19.7 Å². The highest BCUT2D eigenvalue weighted by atomic mass is 16.5. The lowest BCUT2D eigenvalue weighted by Gasteiger charge is -2.06. The van der Waals surface area contributed by atoms with E-state index in [1.54, 1.807) is 7.11 Å². The molecule has 0 fully saturated rings. The summed E-state index contributed by atoms with van der Waals surface area (Å²) in [5.41, 5.74) is 0. The Bertz CT molecular complexity index is 175. The van der Waals surface area contributed by atoms with Gasteiger partial charge in [0.25, 0.3) is 0 Å². The summed E-state index contributed by atoms with van der Waals surface area (Å²) in [6, 6.07) is 0. The number of hydrogen-bond acceptors (Lipinski definition) is 3. The number of carbonyl (C=O) groups is 1. The third kappa shape index (κ3) is 13.3. The van der Waals surface area contributed by atoms with Gasteiger partial charge in [0.15, 0.2) is 0 Å². The predicted molar refractivity (Wildman–Crippen MR) is 71.1 cm³/mol. The van der Waals surface area contributed by atoms with Gasteiger partial charge in [-0.2, -0.15) is 0 Å². The van der Waals surface area contributed by atoms with E-state index in [1.807, 2.05) is 0 Å². The number of ether oxygens (including phenoxy) is 1. The molecule has 0 saturated heterocycles. The number of methoxy groups -OCH3 is 1. The second-order valence-corrected chi connectivity index (χ2v) is 4.29. The van der Waals surface area contributed by atoms with Gasteiger partial charge in [-0.25, -0.2) is 0 Å². The molecule has 0 saturated carbocycles. The Morgan fingerprint density at radius 2 is 1.82 bits per heavy atom. The Morgan fingerprint density at radius 1 is 1.06 bits per heavy atom. The van der Waals surface area contributed by atoms with Crippen molar-refractivity contribution in [2.24, 2.45) is 0 Å². The van der Waals surface area contributed by atoms with Crippen LogP contribution < -0.4 is 10.6 Å². The molecule has 4 heteroatoms. The molecule has 0 aromatic heterocycles. The van der Waals surface area contributed by atoms with E-state index in [0.717, 1.165) is 19.4 Å². The molecule has 0 aliphatic rings. The molecule has 0 spiro atoms. The Labute approximate surface area is 105 Å². The molecule has 0 aromatic carbocycles. The van der Waals surface area contributed by atoms with Crippen LogP contribution in [0.1, 0.15) is 45.4 Å². The van der Waals surface area contributed by atoms with Gasteiger partial charge in [0, 0.05) is 20.3 Å². The molecule has 4 nitrogen and oxygen atoms in total. The fourth-order valence-electron chi connectivity index (χ4n) is 1.56. The maximum absolute atomic E-state index is 11.3. The first-order valence-electron chi connectivity index (χ1n) is 6.77. The Morgan fingerprint density at radius 3 is 2.53 bits per heavy atom. The van der Waals surface area contributed by atoms with Gasteiger partial charge in [-0.3, -0.25) is 4.79 Å². The van der Waals surface area contributed by atoms with E-state index in [9.17, 15) is 4.79 Å². The Balaban J connectivity index is 3.11. The highest BCUT2D eigenvalue weighted by Crippen LogP contribution is 2.00. The largest absolute Gasteiger partial charge is 0.385 e. The van der Waals surface area contributed by atoms with Crippen molar-refractivity contribution in [3.05, 3.63) is 0 Å². The van der Waals surface area contributed by atoms with Crippen molar-refractivity contribution in [2.45, 2.75) is 45.4 Å². The van der Waals surface area contributed by atoms with Crippen LogP contribution in [0.4, 0.5) is 0 Å². The maximum atomic E-state index is 11.3. The molecule has 0 heterocycles. The van der Waals surface area contributed by atoms with Gasteiger partial charge < -0.3 is 15.4 Å². The average molecular weight is 244 g/mol. The molecule has 0 aliphatic heterocycles. The molecule has 0 radical (unpaired) electrons. The highest BCUT2D eigenvalue weighted by molar-refractivity contribution is 5.77. The van der Waals surface area contributed by atoms with Gasteiger partial charge in [0.2, 0.25) is 5.91 Å². The molecule has 0 atom stereocenters. The van der Waals surface area contributed by atoms with Gasteiger partial charge in [-0.05, 0) is 19.4 Å². The summed E-state index contributed by atoms with van der Waals surface area (Å²) in [5, 5.41) is 6.01. The lowest BCUT2D eigenvalue weighted by atomic mass is 10.1. The lowest BCUT2D eigenvalue weighted by Crippen LogP contribution is -2.35. The van der Waals surface area contributed by atoms with Crippen LogP contribution in [0.5, 0.6) is 0 Å². The summed E-state index contributed by atoms with van der Waals surface area (Å²) in [7, 11) is 1.67. The van der Waals surface area contributed by atoms with Crippen LogP contribution in [-0.2, 0) is 9.53 Å². The number of unbranched alkanes of at least 4 members (excludes halogenated alkanes) is 4. The smallest absolute Gasteiger partial charge is 0.233 e. The minimum absolute atomic E-state index is 0.0784. The van der Waals surface area contributed by atoms with Gasteiger partial charge in [-0.1, -0.05) is 32.6 Å². The molecule has 2 N–H and O–H groups in total.